The number of alkyl halides is 3. The Bertz CT molecular complexity index is 1570. The van der Waals surface area contributed by atoms with Gasteiger partial charge in [-0.2, -0.15) is 13.2 Å². The molecule has 208 valence electrons. The number of rotatable bonds is 5. The standard InChI is InChI=1S/C27H25F5N8/c28-18-7-15(8-20-25(18)37-23-6-4-21(40(20)23)27(30,31)32)24-19(29)12-35-26(38-24)36-22-5-1-14(9-34-22)13-39-16-2-3-17(39)11-33-10-16/h1,5,7-9,12,16-17,21,33H,2-4,6,10-11,13H2,(H,34,35,36,38). The Morgan fingerprint density at radius 2 is 1.75 bits per heavy atom. The van der Waals surface area contributed by atoms with E-state index in [2.05, 4.69) is 35.5 Å². The summed E-state index contributed by atoms with van der Waals surface area (Å²) in [7, 11) is 0. The molecular formula is C27H25F5N8. The zero-order valence-electron chi connectivity index (χ0n) is 21.2. The SMILES string of the molecule is Fc1cnc(Nc2ccc(CN3C4CCC3CNC4)cn2)nc1-c1cc(F)c2nc3n(c2c1)C(C(F)(F)F)CC3. The van der Waals surface area contributed by atoms with Crippen molar-refractivity contribution in [1.29, 1.82) is 0 Å². The predicted molar refractivity (Wildman–Crippen MR) is 137 cm³/mol. The number of nitrogens with one attached hydrogen (secondary N) is 2. The van der Waals surface area contributed by atoms with Crippen molar-refractivity contribution in [3.05, 3.63) is 59.7 Å². The van der Waals surface area contributed by atoms with Gasteiger partial charge in [0.15, 0.2) is 11.6 Å². The van der Waals surface area contributed by atoms with E-state index < -0.39 is 23.9 Å². The lowest BCUT2D eigenvalue weighted by Gasteiger charge is -2.35. The van der Waals surface area contributed by atoms with Crippen LogP contribution < -0.4 is 10.6 Å². The van der Waals surface area contributed by atoms with Crippen molar-refractivity contribution in [3.8, 4) is 11.3 Å². The number of aryl methyl sites for hydroxylation is 1. The first-order valence-electron chi connectivity index (χ1n) is 13.2. The number of halogens is 5. The zero-order chi connectivity index (χ0) is 27.6. The average Bonchev–Trinajstić information content (AvgIpc) is 3.56. The third kappa shape index (κ3) is 4.37. The molecule has 0 saturated carbocycles. The quantitative estimate of drug-likeness (QED) is 0.339. The maximum Gasteiger partial charge on any atom is 0.409 e. The Morgan fingerprint density at radius 3 is 2.48 bits per heavy atom. The molecule has 7 rings (SSSR count). The molecule has 3 aliphatic rings. The van der Waals surface area contributed by atoms with Gasteiger partial charge in [0.05, 0.1) is 11.7 Å². The molecular weight excluding hydrogens is 531 g/mol. The number of fused-ring (bicyclic) bond motifs is 5. The molecule has 2 bridgehead atoms. The molecule has 0 radical (unpaired) electrons. The van der Waals surface area contributed by atoms with E-state index in [4.69, 9.17) is 0 Å². The molecule has 3 atom stereocenters. The van der Waals surface area contributed by atoms with Crippen molar-refractivity contribution >= 4 is 22.8 Å². The number of hydrogen-bond acceptors (Lipinski definition) is 7. The number of nitrogens with zero attached hydrogens (tertiary/aromatic N) is 6. The molecule has 6 heterocycles. The molecule has 40 heavy (non-hydrogen) atoms. The van der Waals surface area contributed by atoms with Crippen LogP contribution in [0.25, 0.3) is 22.3 Å². The van der Waals surface area contributed by atoms with E-state index in [1.807, 2.05) is 6.07 Å². The number of benzene rings is 1. The Labute approximate surface area is 225 Å². The molecule has 2 saturated heterocycles. The van der Waals surface area contributed by atoms with Crippen LogP contribution in [0.5, 0.6) is 0 Å². The topological polar surface area (TPSA) is 83.8 Å². The van der Waals surface area contributed by atoms with Gasteiger partial charge in [-0.3, -0.25) is 4.90 Å². The van der Waals surface area contributed by atoms with E-state index >= 15 is 0 Å². The summed E-state index contributed by atoms with van der Waals surface area (Å²) in [6.07, 6.45) is 0.471. The fraction of sp³-hybridized carbons (Fsp3) is 0.407. The van der Waals surface area contributed by atoms with Crippen LogP contribution in [0.2, 0.25) is 0 Å². The minimum Gasteiger partial charge on any atom is -0.316 e. The Hall–Kier alpha value is -3.71. The summed E-state index contributed by atoms with van der Waals surface area (Å²) in [6, 6.07) is 5.32. The molecule has 0 aliphatic carbocycles. The first kappa shape index (κ1) is 25.3. The molecule has 0 spiro atoms. The zero-order valence-corrected chi connectivity index (χ0v) is 21.2. The number of imidazole rings is 1. The summed E-state index contributed by atoms with van der Waals surface area (Å²) >= 11 is 0. The Balaban J connectivity index is 1.15. The number of aromatic nitrogens is 5. The van der Waals surface area contributed by atoms with Crippen LogP contribution in [0, 0.1) is 11.6 Å². The second-order valence-corrected chi connectivity index (χ2v) is 10.6. The van der Waals surface area contributed by atoms with Gasteiger partial charge in [-0.05, 0) is 43.0 Å². The molecule has 2 fully saturated rings. The molecule has 1 aromatic carbocycles. The minimum absolute atomic E-state index is 0.0163. The molecule has 13 heteroatoms. The Morgan fingerprint density at radius 1 is 0.950 bits per heavy atom. The second-order valence-electron chi connectivity index (χ2n) is 10.6. The van der Waals surface area contributed by atoms with Crippen molar-refractivity contribution in [2.24, 2.45) is 0 Å². The molecule has 0 amide bonds. The van der Waals surface area contributed by atoms with Crippen LogP contribution in [0.1, 0.15) is 36.7 Å². The van der Waals surface area contributed by atoms with E-state index in [1.165, 1.54) is 18.9 Å². The fourth-order valence-electron chi connectivity index (χ4n) is 6.24. The maximum absolute atomic E-state index is 15.0. The van der Waals surface area contributed by atoms with Crippen LogP contribution in [-0.4, -0.2) is 60.8 Å². The number of piperazine rings is 1. The lowest BCUT2D eigenvalue weighted by molar-refractivity contribution is -0.164. The van der Waals surface area contributed by atoms with Crippen molar-refractivity contribution in [1.82, 2.24) is 34.7 Å². The summed E-state index contributed by atoms with van der Waals surface area (Å²) in [5.41, 5.74) is 0.573. The van der Waals surface area contributed by atoms with Gasteiger partial charge in [-0.15, -0.1) is 0 Å². The normalized spacial score (nSPS) is 22.7. The summed E-state index contributed by atoms with van der Waals surface area (Å²) < 4.78 is 71.7. The molecule has 3 aliphatic heterocycles. The molecule has 3 aromatic heterocycles. The van der Waals surface area contributed by atoms with Gasteiger partial charge < -0.3 is 15.2 Å². The first-order valence-corrected chi connectivity index (χ1v) is 13.2. The van der Waals surface area contributed by atoms with Crippen LogP contribution in [0.4, 0.5) is 33.7 Å². The van der Waals surface area contributed by atoms with E-state index in [0.29, 0.717) is 17.9 Å². The lowest BCUT2D eigenvalue weighted by Crippen LogP contribution is -2.51. The Kier molecular flexibility index (Phi) is 5.97. The van der Waals surface area contributed by atoms with Gasteiger partial charge in [0.2, 0.25) is 5.95 Å². The third-order valence-corrected chi connectivity index (χ3v) is 8.13. The van der Waals surface area contributed by atoms with Gasteiger partial charge in [0.25, 0.3) is 0 Å². The molecule has 2 N–H and O–H groups in total. The van der Waals surface area contributed by atoms with Gasteiger partial charge in [-0.25, -0.2) is 28.7 Å². The smallest absolute Gasteiger partial charge is 0.316 e. The van der Waals surface area contributed by atoms with Crippen LogP contribution in [0.15, 0.2) is 36.7 Å². The van der Waals surface area contributed by atoms with Gasteiger partial charge in [0.1, 0.15) is 28.9 Å². The van der Waals surface area contributed by atoms with Gasteiger partial charge >= 0.3 is 6.18 Å². The summed E-state index contributed by atoms with van der Waals surface area (Å²) in [5.74, 6) is -1.08. The van der Waals surface area contributed by atoms with E-state index in [9.17, 15) is 22.0 Å². The highest BCUT2D eigenvalue weighted by molar-refractivity contribution is 5.83. The van der Waals surface area contributed by atoms with Crippen molar-refractivity contribution < 1.29 is 22.0 Å². The van der Waals surface area contributed by atoms with Crippen LogP contribution in [0.3, 0.4) is 0 Å². The first-order chi connectivity index (χ1) is 19.2. The third-order valence-electron chi connectivity index (χ3n) is 8.13. The van der Waals surface area contributed by atoms with E-state index in [-0.39, 0.29) is 46.9 Å². The highest BCUT2D eigenvalue weighted by Gasteiger charge is 2.45. The molecule has 4 aromatic rings. The summed E-state index contributed by atoms with van der Waals surface area (Å²) in [4.78, 5) is 19.2. The highest BCUT2D eigenvalue weighted by Crippen LogP contribution is 2.42. The maximum atomic E-state index is 15.0. The van der Waals surface area contributed by atoms with Crippen molar-refractivity contribution in [2.75, 3.05) is 18.4 Å². The van der Waals surface area contributed by atoms with E-state index in [0.717, 1.165) is 42.0 Å². The summed E-state index contributed by atoms with van der Waals surface area (Å²) in [5, 5.41) is 6.40. The lowest BCUT2D eigenvalue weighted by atomic mass is 10.1. The van der Waals surface area contributed by atoms with E-state index in [1.54, 1.807) is 12.3 Å². The molecule has 8 nitrogen and oxygen atoms in total. The van der Waals surface area contributed by atoms with Crippen molar-refractivity contribution in [2.45, 2.75) is 56.5 Å². The number of hydrogen-bond donors (Lipinski definition) is 2. The largest absolute Gasteiger partial charge is 0.409 e. The number of anilines is 2. The average molecular weight is 557 g/mol. The second kappa shape index (κ2) is 9.44. The fourth-order valence-corrected chi connectivity index (χ4v) is 6.24. The van der Waals surface area contributed by atoms with Crippen molar-refractivity contribution in [3.63, 3.8) is 0 Å². The highest BCUT2D eigenvalue weighted by atomic mass is 19.4. The number of pyridine rings is 1. The van der Waals surface area contributed by atoms with Crippen LogP contribution in [-0.2, 0) is 13.0 Å². The van der Waals surface area contributed by atoms with Gasteiger partial charge in [0, 0.05) is 49.9 Å². The summed E-state index contributed by atoms with van der Waals surface area (Å²) in [6.45, 7) is 2.80. The van der Waals surface area contributed by atoms with Gasteiger partial charge in [-0.1, -0.05) is 6.07 Å². The minimum atomic E-state index is -4.52. The monoisotopic (exact) mass is 556 g/mol. The molecule has 3 unspecified atom stereocenters. The predicted octanol–water partition coefficient (Wildman–Crippen LogP) is 4.90. The van der Waals surface area contributed by atoms with Crippen LogP contribution >= 0.6 is 0 Å².